The van der Waals surface area contributed by atoms with Crippen molar-refractivity contribution >= 4 is 23.0 Å². The van der Waals surface area contributed by atoms with Crippen LogP contribution in [0.5, 0.6) is 0 Å². The van der Waals surface area contributed by atoms with Crippen molar-refractivity contribution in [3.63, 3.8) is 0 Å². The maximum absolute atomic E-state index is 5.65. The summed E-state index contributed by atoms with van der Waals surface area (Å²) >= 11 is 4.99. The number of anilines is 1. The molecule has 0 atom stereocenters. The van der Waals surface area contributed by atoms with Gasteiger partial charge in [-0.2, -0.15) is 5.10 Å². The van der Waals surface area contributed by atoms with E-state index in [2.05, 4.69) is 15.4 Å². The Labute approximate surface area is 117 Å². The van der Waals surface area contributed by atoms with Gasteiger partial charge in [0.2, 0.25) is 0 Å². The van der Waals surface area contributed by atoms with Crippen molar-refractivity contribution in [3.8, 4) is 0 Å². The van der Waals surface area contributed by atoms with Gasteiger partial charge in [0.05, 0.1) is 6.20 Å². The SMILES string of the molecule is Cc1cc(C(N)=S)cc(NCc2cnn(C)c2C)n1. The van der Waals surface area contributed by atoms with E-state index in [4.69, 9.17) is 18.0 Å². The maximum Gasteiger partial charge on any atom is 0.127 e. The molecule has 0 bridgehead atoms. The van der Waals surface area contributed by atoms with Gasteiger partial charge in [0.1, 0.15) is 10.8 Å². The summed E-state index contributed by atoms with van der Waals surface area (Å²) in [5.74, 6) is 0.769. The van der Waals surface area contributed by atoms with Crippen molar-refractivity contribution in [3.05, 3.63) is 40.8 Å². The molecule has 0 amide bonds. The Hall–Kier alpha value is -1.95. The van der Waals surface area contributed by atoms with E-state index < -0.39 is 0 Å². The molecule has 0 unspecified atom stereocenters. The van der Waals surface area contributed by atoms with Crippen molar-refractivity contribution in [1.29, 1.82) is 0 Å². The molecule has 3 N–H and O–H groups in total. The first-order valence-electron chi connectivity index (χ1n) is 5.97. The lowest BCUT2D eigenvalue weighted by Gasteiger charge is -2.08. The monoisotopic (exact) mass is 275 g/mol. The average Bonchev–Trinajstić information content (AvgIpc) is 2.67. The van der Waals surface area contributed by atoms with Gasteiger partial charge in [-0.15, -0.1) is 0 Å². The van der Waals surface area contributed by atoms with Crippen LogP contribution in [-0.2, 0) is 13.6 Å². The van der Waals surface area contributed by atoms with E-state index in [1.165, 1.54) is 0 Å². The fourth-order valence-corrected chi connectivity index (χ4v) is 1.92. The zero-order chi connectivity index (χ0) is 14.0. The van der Waals surface area contributed by atoms with Crippen LogP contribution in [0, 0.1) is 13.8 Å². The number of hydrogen-bond acceptors (Lipinski definition) is 4. The van der Waals surface area contributed by atoms with Crippen LogP contribution in [0.1, 0.15) is 22.5 Å². The molecule has 2 aromatic rings. The highest BCUT2D eigenvalue weighted by atomic mass is 32.1. The molecule has 2 rings (SSSR count). The third kappa shape index (κ3) is 3.08. The molecule has 0 aromatic carbocycles. The molecule has 0 saturated carbocycles. The minimum Gasteiger partial charge on any atom is -0.389 e. The Bertz CT molecular complexity index is 617. The molecule has 100 valence electrons. The molecule has 6 heteroatoms. The Morgan fingerprint density at radius 1 is 1.42 bits per heavy atom. The number of pyridine rings is 1. The van der Waals surface area contributed by atoms with Gasteiger partial charge in [0, 0.05) is 36.1 Å². The van der Waals surface area contributed by atoms with E-state index >= 15 is 0 Å². The van der Waals surface area contributed by atoms with E-state index in [1.54, 1.807) is 0 Å². The summed E-state index contributed by atoms with van der Waals surface area (Å²) < 4.78 is 1.85. The third-order valence-corrected chi connectivity index (χ3v) is 3.27. The molecule has 5 nitrogen and oxygen atoms in total. The Kier molecular flexibility index (Phi) is 3.80. The Morgan fingerprint density at radius 2 is 2.16 bits per heavy atom. The number of nitrogens with one attached hydrogen (secondary N) is 1. The first kappa shape index (κ1) is 13.5. The number of thiocarbonyl (C=S) groups is 1. The lowest BCUT2D eigenvalue weighted by atomic mass is 10.2. The highest BCUT2D eigenvalue weighted by Crippen LogP contribution is 2.13. The highest BCUT2D eigenvalue weighted by Gasteiger charge is 2.05. The van der Waals surface area contributed by atoms with Crippen LogP contribution in [0.15, 0.2) is 18.3 Å². The summed E-state index contributed by atoms with van der Waals surface area (Å²) in [5.41, 5.74) is 9.64. The molecule has 2 aromatic heterocycles. The molecular formula is C13H17N5S. The lowest BCUT2D eigenvalue weighted by Crippen LogP contribution is -2.11. The van der Waals surface area contributed by atoms with Crippen molar-refractivity contribution in [2.75, 3.05) is 5.32 Å². The quantitative estimate of drug-likeness (QED) is 0.831. The van der Waals surface area contributed by atoms with E-state index in [0.717, 1.165) is 28.3 Å². The molecule has 0 aliphatic carbocycles. The van der Waals surface area contributed by atoms with Gasteiger partial charge in [0.15, 0.2) is 0 Å². The van der Waals surface area contributed by atoms with Crippen molar-refractivity contribution in [1.82, 2.24) is 14.8 Å². The molecule has 0 saturated heterocycles. The number of aromatic nitrogens is 3. The summed E-state index contributed by atoms with van der Waals surface area (Å²) in [5, 5.41) is 7.48. The van der Waals surface area contributed by atoms with Crippen LogP contribution in [0.25, 0.3) is 0 Å². The van der Waals surface area contributed by atoms with Crippen LogP contribution in [-0.4, -0.2) is 19.8 Å². The summed E-state index contributed by atoms with van der Waals surface area (Å²) in [6.45, 7) is 4.63. The smallest absolute Gasteiger partial charge is 0.127 e. The fraction of sp³-hybridized carbons (Fsp3) is 0.308. The molecule has 0 aliphatic heterocycles. The van der Waals surface area contributed by atoms with E-state index in [9.17, 15) is 0 Å². The van der Waals surface area contributed by atoms with Crippen molar-refractivity contribution in [2.24, 2.45) is 12.8 Å². The van der Waals surface area contributed by atoms with Crippen molar-refractivity contribution in [2.45, 2.75) is 20.4 Å². The predicted octanol–water partition coefficient (Wildman–Crippen LogP) is 1.68. The van der Waals surface area contributed by atoms with Gasteiger partial charge in [0.25, 0.3) is 0 Å². The van der Waals surface area contributed by atoms with Crippen LogP contribution >= 0.6 is 12.2 Å². The van der Waals surface area contributed by atoms with Gasteiger partial charge in [-0.1, -0.05) is 12.2 Å². The lowest BCUT2D eigenvalue weighted by molar-refractivity contribution is 0.738. The second-order valence-corrected chi connectivity index (χ2v) is 4.92. The number of rotatable bonds is 4. The summed E-state index contributed by atoms with van der Waals surface area (Å²) in [4.78, 5) is 4.79. The van der Waals surface area contributed by atoms with Gasteiger partial charge >= 0.3 is 0 Å². The molecule has 0 aliphatic rings. The molecule has 0 spiro atoms. The molecular weight excluding hydrogens is 258 g/mol. The average molecular weight is 275 g/mol. The second kappa shape index (κ2) is 5.36. The van der Waals surface area contributed by atoms with Gasteiger partial charge < -0.3 is 11.1 Å². The zero-order valence-electron chi connectivity index (χ0n) is 11.3. The largest absolute Gasteiger partial charge is 0.389 e. The minimum absolute atomic E-state index is 0.381. The topological polar surface area (TPSA) is 68.8 Å². The summed E-state index contributed by atoms with van der Waals surface area (Å²) in [7, 11) is 1.93. The van der Waals surface area contributed by atoms with Crippen LogP contribution in [0.3, 0.4) is 0 Å². The zero-order valence-corrected chi connectivity index (χ0v) is 12.1. The first-order valence-corrected chi connectivity index (χ1v) is 6.38. The van der Waals surface area contributed by atoms with Crippen LogP contribution < -0.4 is 11.1 Å². The Balaban J connectivity index is 2.15. The Morgan fingerprint density at radius 3 is 2.74 bits per heavy atom. The molecule has 0 radical (unpaired) electrons. The molecule has 2 heterocycles. The number of nitrogens with two attached hydrogens (primary N) is 1. The van der Waals surface area contributed by atoms with Gasteiger partial charge in [-0.05, 0) is 26.0 Å². The highest BCUT2D eigenvalue weighted by molar-refractivity contribution is 7.80. The number of hydrogen-bond donors (Lipinski definition) is 2. The fourth-order valence-electron chi connectivity index (χ4n) is 1.80. The number of nitrogens with zero attached hydrogens (tertiary/aromatic N) is 3. The third-order valence-electron chi connectivity index (χ3n) is 3.03. The van der Waals surface area contributed by atoms with E-state index in [0.29, 0.717) is 11.5 Å². The summed E-state index contributed by atoms with van der Waals surface area (Å²) in [6.07, 6.45) is 1.85. The van der Waals surface area contributed by atoms with Crippen LogP contribution in [0.2, 0.25) is 0 Å². The predicted molar refractivity (Wildman–Crippen MR) is 80.1 cm³/mol. The summed E-state index contributed by atoms with van der Waals surface area (Å²) in [6, 6.07) is 3.74. The molecule has 19 heavy (non-hydrogen) atoms. The first-order chi connectivity index (χ1) is 8.97. The standard InChI is InChI=1S/C13H17N5S/c1-8-4-10(13(14)19)5-12(17-8)15-6-11-7-16-18(3)9(11)2/h4-5,7H,6H2,1-3H3,(H2,14,19)(H,15,17). The normalized spacial score (nSPS) is 10.5. The number of aryl methyl sites for hydroxylation is 2. The molecule has 0 fully saturated rings. The second-order valence-electron chi connectivity index (χ2n) is 4.48. The van der Waals surface area contributed by atoms with Gasteiger partial charge in [-0.3, -0.25) is 4.68 Å². The maximum atomic E-state index is 5.65. The van der Waals surface area contributed by atoms with Crippen LogP contribution in [0.4, 0.5) is 5.82 Å². The van der Waals surface area contributed by atoms with E-state index in [-0.39, 0.29) is 0 Å². The van der Waals surface area contributed by atoms with E-state index in [1.807, 2.05) is 43.9 Å². The van der Waals surface area contributed by atoms with Crippen molar-refractivity contribution < 1.29 is 0 Å². The van der Waals surface area contributed by atoms with Gasteiger partial charge in [-0.25, -0.2) is 4.98 Å². The minimum atomic E-state index is 0.381.